The van der Waals surface area contributed by atoms with Crippen LogP contribution in [0.5, 0.6) is 0 Å². The van der Waals surface area contributed by atoms with E-state index in [1.807, 2.05) is 24.3 Å². The van der Waals surface area contributed by atoms with Gasteiger partial charge >= 0.3 is 0 Å². The van der Waals surface area contributed by atoms with Crippen LogP contribution in [0.4, 0.5) is 0 Å². The van der Waals surface area contributed by atoms with Gasteiger partial charge in [0.05, 0.1) is 0 Å². The zero-order valence-corrected chi connectivity index (χ0v) is 11.6. The summed E-state index contributed by atoms with van der Waals surface area (Å²) in [5.41, 5.74) is 7.52. The van der Waals surface area contributed by atoms with E-state index in [9.17, 15) is 0 Å². The van der Waals surface area contributed by atoms with Crippen molar-refractivity contribution in [3.05, 3.63) is 35.4 Å². The summed E-state index contributed by atoms with van der Waals surface area (Å²) in [4.78, 5) is 2.61. The monoisotopic (exact) mass is 274 g/mol. The Balaban J connectivity index is 1.48. The van der Waals surface area contributed by atoms with Crippen LogP contribution in [0.15, 0.2) is 29.4 Å². The fourth-order valence-electron chi connectivity index (χ4n) is 2.84. The van der Waals surface area contributed by atoms with Crippen molar-refractivity contribution < 1.29 is 5.21 Å². The molecule has 1 saturated carbocycles. The van der Waals surface area contributed by atoms with Gasteiger partial charge in [0.25, 0.3) is 0 Å². The molecule has 3 rings (SSSR count). The average molecular weight is 274 g/mol. The summed E-state index contributed by atoms with van der Waals surface area (Å²) in [7, 11) is 0. The molecular weight excluding hydrogens is 252 g/mol. The van der Waals surface area contributed by atoms with E-state index in [4.69, 9.17) is 10.9 Å². The van der Waals surface area contributed by atoms with E-state index in [0.717, 1.165) is 18.2 Å². The molecule has 1 atom stereocenters. The Morgan fingerprint density at radius 1 is 1.30 bits per heavy atom. The highest BCUT2D eigenvalue weighted by Crippen LogP contribution is 2.29. The Morgan fingerprint density at radius 2 is 2.05 bits per heavy atom. The van der Waals surface area contributed by atoms with Crippen molar-refractivity contribution in [2.45, 2.75) is 37.9 Å². The van der Waals surface area contributed by atoms with Crippen LogP contribution in [-0.2, 0) is 6.54 Å². The molecule has 0 amide bonds. The van der Waals surface area contributed by atoms with Gasteiger partial charge in [0, 0.05) is 37.3 Å². The van der Waals surface area contributed by atoms with Gasteiger partial charge in [0.15, 0.2) is 5.84 Å². The third-order valence-electron chi connectivity index (χ3n) is 4.24. The van der Waals surface area contributed by atoms with E-state index in [2.05, 4.69) is 15.4 Å². The molecule has 1 aromatic rings. The van der Waals surface area contributed by atoms with Crippen LogP contribution in [0.3, 0.4) is 0 Å². The van der Waals surface area contributed by atoms with Crippen LogP contribution in [0.25, 0.3) is 0 Å². The lowest BCUT2D eigenvalue weighted by Crippen LogP contribution is -2.32. The standard InChI is InChI=1S/C15H22N4O/c16-15(18-20)12-3-1-11(2-4-12)9-17-13-7-8-19(10-13)14-5-6-14/h1-4,13-14,17,20H,5-10H2,(H2,16,18). The van der Waals surface area contributed by atoms with Gasteiger partial charge < -0.3 is 16.3 Å². The van der Waals surface area contributed by atoms with Gasteiger partial charge in [0.2, 0.25) is 0 Å². The summed E-state index contributed by atoms with van der Waals surface area (Å²) >= 11 is 0. The van der Waals surface area contributed by atoms with Crippen LogP contribution in [0, 0.1) is 0 Å². The number of rotatable bonds is 5. The Morgan fingerprint density at radius 3 is 2.70 bits per heavy atom. The van der Waals surface area contributed by atoms with E-state index in [-0.39, 0.29) is 5.84 Å². The highest BCUT2D eigenvalue weighted by molar-refractivity contribution is 5.96. The Kier molecular flexibility index (Phi) is 3.89. The molecule has 5 nitrogen and oxygen atoms in total. The molecule has 1 unspecified atom stereocenters. The van der Waals surface area contributed by atoms with Crippen LogP contribution >= 0.6 is 0 Å². The van der Waals surface area contributed by atoms with Gasteiger partial charge in [-0.25, -0.2) is 0 Å². The summed E-state index contributed by atoms with van der Waals surface area (Å²) < 4.78 is 0. The summed E-state index contributed by atoms with van der Waals surface area (Å²) in [6.45, 7) is 3.30. The zero-order chi connectivity index (χ0) is 13.9. The Bertz CT molecular complexity index is 481. The zero-order valence-electron chi connectivity index (χ0n) is 11.6. The molecule has 1 heterocycles. The number of hydrogen-bond donors (Lipinski definition) is 3. The topological polar surface area (TPSA) is 73.9 Å². The second kappa shape index (κ2) is 5.81. The molecule has 1 aliphatic carbocycles. The minimum atomic E-state index is 0.153. The molecule has 108 valence electrons. The summed E-state index contributed by atoms with van der Waals surface area (Å²) in [6.07, 6.45) is 4.03. The Hall–Kier alpha value is -1.59. The van der Waals surface area contributed by atoms with Crippen molar-refractivity contribution in [2.75, 3.05) is 13.1 Å². The van der Waals surface area contributed by atoms with Crippen LogP contribution < -0.4 is 11.1 Å². The maximum absolute atomic E-state index is 8.63. The molecule has 2 fully saturated rings. The lowest BCUT2D eigenvalue weighted by Gasteiger charge is -2.15. The lowest BCUT2D eigenvalue weighted by atomic mass is 10.1. The second-order valence-electron chi connectivity index (χ2n) is 5.77. The van der Waals surface area contributed by atoms with Crippen LogP contribution in [0.1, 0.15) is 30.4 Å². The molecule has 1 saturated heterocycles. The maximum atomic E-state index is 8.63. The number of benzene rings is 1. The number of likely N-dealkylation sites (tertiary alicyclic amines) is 1. The quantitative estimate of drug-likeness (QED) is 0.325. The third kappa shape index (κ3) is 3.11. The van der Waals surface area contributed by atoms with Gasteiger partial charge in [-0.1, -0.05) is 29.4 Å². The molecule has 0 aromatic heterocycles. The van der Waals surface area contributed by atoms with E-state index in [0.29, 0.717) is 6.04 Å². The number of nitrogens with two attached hydrogens (primary N) is 1. The van der Waals surface area contributed by atoms with Crippen molar-refractivity contribution in [3.8, 4) is 0 Å². The first kappa shape index (κ1) is 13.4. The highest BCUT2D eigenvalue weighted by Gasteiger charge is 2.33. The van der Waals surface area contributed by atoms with E-state index in [1.165, 1.54) is 37.9 Å². The van der Waals surface area contributed by atoms with E-state index in [1.54, 1.807) is 0 Å². The molecule has 1 aliphatic heterocycles. The van der Waals surface area contributed by atoms with Gasteiger partial charge in [0.1, 0.15) is 0 Å². The average Bonchev–Trinajstić information content (AvgIpc) is 3.24. The predicted octanol–water partition coefficient (Wildman–Crippen LogP) is 1.11. The number of nitrogens with one attached hydrogen (secondary N) is 1. The van der Waals surface area contributed by atoms with E-state index >= 15 is 0 Å². The first-order valence-electron chi connectivity index (χ1n) is 7.30. The molecule has 0 spiro atoms. The van der Waals surface area contributed by atoms with Gasteiger partial charge in [-0.15, -0.1) is 0 Å². The molecule has 5 heteroatoms. The number of oxime groups is 1. The summed E-state index contributed by atoms with van der Waals surface area (Å²) in [5.74, 6) is 0.153. The van der Waals surface area contributed by atoms with Gasteiger partial charge in [-0.2, -0.15) is 0 Å². The van der Waals surface area contributed by atoms with Crippen molar-refractivity contribution in [2.24, 2.45) is 10.9 Å². The third-order valence-corrected chi connectivity index (χ3v) is 4.24. The summed E-state index contributed by atoms with van der Waals surface area (Å²) in [5, 5.41) is 15.2. The SMILES string of the molecule is NC(=NO)c1ccc(CNC2CCN(C3CC3)C2)cc1. The first-order valence-corrected chi connectivity index (χ1v) is 7.30. The summed E-state index contributed by atoms with van der Waals surface area (Å²) in [6, 6.07) is 9.30. The Labute approximate surface area is 119 Å². The molecule has 0 radical (unpaired) electrons. The predicted molar refractivity (Wildman–Crippen MR) is 78.8 cm³/mol. The lowest BCUT2D eigenvalue weighted by molar-refractivity contribution is 0.317. The largest absolute Gasteiger partial charge is 0.409 e. The normalized spacial score (nSPS) is 24.2. The van der Waals surface area contributed by atoms with Gasteiger partial charge in [-0.3, -0.25) is 4.90 Å². The second-order valence-corrected chi connectivity index (χ2v) is 5.77. The highest BCUT2D eigenvalue weighted by atomic mass is 16.4. The van der Waals surface area contributed by atoms with Crippen molar-refractivity contribution in [1.29, 1.82) is 0 Å². The molecule has 4 N–H and O–H groups in total. The molecule has 0 bridgehead atoms. The number of hydrogen-bond acceptors (Lipinski definition) is 4. The molecule has 2 aliphatic rings. The molecular formula is C15H22N4O. The minimum Gasteiger partial charge on any atom is -0.409 e. The maximum Gasteiger partial charge on any atom is 0.170 e. The number of nitrogens with zero attached hydrogens (tertiary/aromatic N) is 2. The van der Waals surface area contributed by atoms with Crippen LogP contribution in [-0.4, -0.2) is 41.1 Å². The minimum absolute atomic E-state index is 0.153. The fourth-order valence-corrected chi connectivity index (χ4v) is 2.84. The smallest absolute Gasteiger partial charge is 0.170 e. The number of amidine groups is 1. The first-order chi connectivity index (χ1) is 9.76. The van der Waals surface area contributed by atoms with Crippen LogP contribution in [0.2, 0.25) is 0 Å². The fraction of sp³-hybridized carbons (Fsp3) is 0.533. The van der Waals surface area contributed by atoms with Gasteiger partial charge in [-0.05, 0) is 24.8 Å². The van der Waals surface area contributed by atoms with E-state index < -0.39 is 0 Å². The molecule has 1 aromatic carbocycles. The van der Waals surface area contributed by atoms with Crippen molar-refractivity contribution >= 4 is 5.84 Å². The molecule has 20 heavy (non-hydrogen) atoms. The van der Waals surface area contributed by atoms with Crippen molar-refractivity contribution in [3.63, 3.8) is 0 Å². The van der Waals surface area contributed by atoms with Crippen molar-refractivity contribution in [1.82, 2.24) is 10.2 Å².